The van der Waals surface area contributed by atoms with Crippen LogP contribution >= 0.6 is 11.3 Å². The number of nitrogens with one attached hydrogen (secondary N) is 1. The molecule has 1 aromatic rings. The summed E-state index contributed by atoms with van der Waals surface area (Å²) in [6, 6.07) is 0.570. The Labute approximate surface area is 71.7 Å². The van der Waals surface area contributed by atoms with E-state index in [-0.39, 0.29) is 0 Å². The van der Waals surface area contributed by atoms with Crippen molar-refractivity contribution in [2.24, 2.45) is 0 Å². The molecule has 0 aliphatic heterocycles. The number of thiazole rings is 1. The fourth-order valence-electron chi connectivity index (χ4n) is 1.07. The van der Waals surface area contributed by atoms with Gasteiger partial charge in [-0.25, -0.2) is 0 Å². The van der Waals surface area contributed by atoms with E-state index in [1.165, 1.54) is 4.88 Å². The van der Waals surface area contributed by atoms with Gasteiger partial charge >= 0.3 is 0 Å². The second kappa shape index (κ2) is 4.46. The molecule has 0 saturated heterocycles. The largest absolute Gasteiger partial charge is 0.314 e. The molecule has 0 bridgehead atoms. The van der Waals surface area contributed by atoms with E-state index in [1.807, 2.05) is 11.7 Å². The van der Waals surface area contributed by atoms with Gasteiger partial charge in [0.15, 0.2) is 0 Å². The second-order valence-corrected chi connectivity index (χ2v) is 3.60. The Morgan fingerprint density at radius 2 is 2.55 bits per heavy atom. The van der Waals surface area contributed by atoms with Crippen LogP contribution in [0, 0.1) is 0 Å². The monoisotopic (exact) mass is 170 g/mol. The van der Waals surface area contributed by atoms with E-state index < -0.39 is 0 Å². The first-order valence-corrected chi connectivity index (χ1v) is 4.81. The predicted octanol–water partition coefficient (Wildman–Crippen LogP) is 1.68. The predicted molar refractivity (Wildman–Crippen MR) is 49.0 cm³/mol. The van der Waals surface area contributed by atoms with Crippen LogP contribution in [0.25, 0.3) is 0 Å². The molecule has 11 heavy (non-hydrogen) atoms. The highest BCUT2D eigenvalue weighted by Gasteiger charge is 2.01. The fraction of sp³-hybridized carbons (Fsp3) is 0.625. The Hall–Kier alpha value is -0.410. The van der Waals surface area contributed by atoms with Crippen molar-refractivity contribution in [1.82, 2.24) is 10.3 Å². The van der Waals surface area contributed by atoms with E-state index in [0.29, 0.717) is 6.04 Å². The lowest BCUT2D eigenvalue weighted by Crippen LogP contribution is -2.27. The highest BCUT2D eigenvalue weighted by molar-refractivity contribution is 7.09. The third-order valence-electron chi connectivity index (χ3n) is 1.54. The summed E-state index contributed by atoms with van der Waals surface area (Å²) < 4.78 is 0. The summed E-state index contributed by atoms with van der Waals surface area (Å²) in [6.07, 6.45) is 3.04. The highest BCUT2D eigenvalue weighted by Crippen LogP contribution is 2.07. The molecular formula is C8H14N2S. The molecular weight excluding hydrogens is 156 g/mol. The molecule has 0 fully saturated rings. The maximum Gasteiger partial charge on any atom is 0.0794 e. The Bertz CT molecular complexity index is 184. The van der Waals surface area contributed by atoms with Crippen LogP contribution in [0.15, 0.2) is 11.7 Å². The molecule has 0 spiro atoms. The normalized spacial score (nSPS) is 13.3. The summed E-state index contributed by atoms with van der Waals surface area (Å²) in [5.41, 5.74) is 1.88. The molecule has 1 heterocycles. The van der Waals surface area contributed by atoms with E-state index in [1.54, 1.807) is 11.3 Å². The number of nitrogens with zero attached hydrogens (tertiary/aromatic N) is 1. The number of hydrogen-bond acceptors (Lipinski definition) is 3. The molecule has 3 heteroatoms. The van der Waals surface area contributed by atoms with Crippen LogP contribution in [-0.4, -0.2) is 17.6 Å². The van der Waals surface area contributed by atoms with Crippen molar-refractivity contribution >= 4 is 11.3 Å². The lowest BCUT2D eigenvalue weighted by Gasteiger charge is -2.09. The van der Waals surface area contributed by atoms with Crippen molar-refractivity contribution in [2.45, 2.75) is 26.3 Å². The van der Waals surface area contributed by atoms with Gasteiger partial charge in [-0.1, -0.05) is 6.92 Å². The molecule has 0 aromatic carbocycles. The zero-order chi connectivity index (χ0) is 8.10. The number of aromatic nitrogens is 1. The van der Waals surface area contributed by atoms with Gasteiger partial charge in [0, 0.05) is 17.1 Å². The molecule has 0 radical (unpaired) electrons. The van der Waals surface area contributed by atoms with Crippen LogP contribution in [0.5, 0.6) is 0 Å². The van der Waals surface area contributed by atoms with E-state index in [0.717, 1.165) is 13.0 Å². The second-order valence-electron chi connectivity index (χ2n) is 2.63. The minimum atomic E-state index is 0.570. The van der Waals surface area contributed by atoms with Crippen LogP contribution in [0.3, 0.4) is 0 Å². The minimum absolute atomic E-state index is 0.570. The molecule has 1 aromatic heterocycles. The third kappa shape index (κ3) is 2.99. The van der Waals surface area contributed by atoms with Crippen LogP contribution < -0.4 is 5.32 Å². The molecule has 1 N–H and O–H groups in total. The van der Waals surface area contributed by atoms with Gasteiger partial charge in [-0.2, -0.15) is 0 Å². The molecule has 2 nitrogen and oxygen atoms in total. The summed E-state index contributed by atoms with van der Waals surface area (Å²) in [4.78, 5) is 5.39. The average Bonchev–Trinajstić information content (AvgIpc) is 2.40. The summed E-state index contributed by atoms with van der Waals surface area (Å²) in [6.45, 7) is 5.37. The smallest absolute Gasteiger partial charge is 0.0794 e. The maximum absolute atomic E-state index is 4.03. The van der Waals surface area contributed by atoms with Gasteiger partial charge in [-0.15, -0.1) is 11.3 Å². The molecule has 62 valence electrons. The van der Waals surface area contributed by atoms with Crippen LogP contribution in [0.2, 0.25) is 0 Å². The number of rotatable bonds is 4. The fourth-order valence-corrected chi connectivity index (χ4v) is 1.79. The topological polar surface area (TPSA) is 24.9 Å². The molecule has 0 saturated carbocycles. The molecule has 1 rings (SSSR count). The quantitative estimate of drug-likeness (QED) is 0.743. The zero-order valence-corrected chi connectivity index (χ0v) is 7.82. The van der Waals surface area contributed by atoms with Gasteiger partial charge in [0.05, 0.1) is 5.51 Å². The lowest BCUT2D eigenvalue weighted by atomic mass is 10.2. The van der Waals surface area contributed by atoms with Crippen molar-refractivity contribution in [3.05, 3.63) is 16.6 Å². The molecule has 0 aliphatic carbocycles. The van der Waals surface area contributed by atoms with Crippen molar-refractivity contribution in [2.75, 3.05) is 6.54 Å². The Balaban J connectivity index is 2.31. The summed E-state index contributed by atoms with van der Waals surface area (Å²) >= 11 is 1.73. The lowest BCUT2D eigenvalue weighted by molar-refractivity contribution is 0.568. The Morgan fingerprint density at radius 3 is 3.09 bits per heavy atom. The van der Waals surface area contributed by atoms with Gasteiger partial charge in [0.25, 0.3) is 0 Å². The summed E-state index contributed by atoms with van der Waals surface area (Å²) in [5, 5.41) is 3.36. The maximum atomic E-state index is 4.03. The Morgan fingerprint density at radius 1 is 1.73 bits per heavy atom. The van der Waals surface area contributed by atoms with Crippen LogP contribution in [-0.2, 0) is 6.42 Å². The van der Waals surface area contributed by atoms with Crippen LogP contribution in [0.4, 0.5) is 0 Å². The first-order chi connectivity index (χ1) is 5.33. The van der Waals surface area contributed by atoms with Crippen molar-refractivity contribution in [1.29, 1.82) is 0 Å². The van der Waals surface area contributed by atoms with Crippen molar-refractivity contribution in [3.8, 4) is 0 Å². The SMILES string of the molecule is CCNC(C)Cc1cncs1. The van der Waals surface area contributed by atoms with E-state index in [2.05, 4.69) is 24.1 Å². The van der Waals surface area contributed by atoms with Gasteiger partial charge in [-0.3, -0.25) is 4.98 Å². The number of hydrogen-bond donors (Lipinski definition) is 1. The Kier molecular flexibility index (Phi) is 3.52. The first kappa shape index (κ1) is 8.68. The van der Waals surface area contributed by atoms with Gasteiger partial charge in [-0.05, 0) is 19.9 Å². The van der Waals surface area contributed by atoms with Crippen molar-refractivity contribution in [3.63, 3.8) is 0 Å². The van der Waals surface area contributed by atoms with Gasteiger partial charge in [0.1, 0.15) is 0 Å². The molecule has 1 unspecified atom stereocenters. The zero-order valence-electron chi connectivity index (χ0n) is 7.00. The van der Waals surface area contributed by atoms with Crippen molar-refractivity contribution < 1.29 is 0 Å². The van der Waals surface area contributed by atoms with E-state index in [4.69, 9.17) is 0 Å². The molecule has 0 aliphatic rings. The van der Waals surface area contributed by atoms with Crippen LogP contribution in [0.1, 0.15) is 18.7 Å². The highest BCUT2D eigenvalue weighted by atomic mass is 32.1. The summed E-state index contributed by atoms with van der Waals surface area (Å²) in [5.74, 6) is 0. The van der Waals surface area contributed by atoms with Gasteiger partial charge < -0.3 is 5.32 Å². The van der Waals surface area contributed by atoms with E-state index in [9.17, 15) is 0 Å². The average molecular weight is 170 g/mol. The molecule has 1 atom stereocenters. The van der Waals surface area contributed by atoms with E-state index >= 15 is 0 Å². The third-order valence-corrected chi connectivity index (χ3v) is 2.35. The standard InChI is InChI=1S/C8H14N2S/c1-3-10-7(2)4-8-5-9-6-11-8/h5-7,10H,3-4H2,1-2H3. The molecule has 0 amide bonds. The van der Waals surface area contributed by atoms with Gasteiger partial charge in [0.2, 0.25) is 0 Å². The minimum Gasteiger partial charge on any atom is -0.314 e. The number of likely N-dealkylation sites (N-methyl/N-ethyl adjacent to an activating group) is 1. The summed E-state index contributed by atoms with van der Waals surface area (Å²) in [7, 11) is 0. The first-order valence-electron chi connectivity index (χ1n) is 3.93.